The van der Waals surface area contributed by atoms with E-state index in [0.29, 0.717) is 24.1 Å². The topological polar surface area (TPSA) is 56.7 Å². The zero-order valence-electron chi connectivity index (χ0n) is 15.5. The van der Waals surface area contributed by atoms with E-state index in [1.807, 2.05) is 30.3 Å². The van der Waals surface area contributed by atoms with Crippen LogP contribution in [-0.2, 0) is 16.6 Å². The van der Waals surface area contributed by atoms with Crippen LogP contribution in [0.1, 0.15) is 32.3 Å². The number of aliphatic imine (C=N–C) groups is 1. The van der Waals surface area contributed by atoms with E-state index in [1.165, 1.54) is 19.4 Å². The number of nitrogens with one attached hydrogen (secondary N) is 2. The van der Waals surface area contributed by atoms with E-state index >= 15 is 0 Å². The van der Waals surface area contributed by atoms with Gasteiger partial charge >= 0.3 is 0 Å². The van der Waals surface area contributed by atoms with Gasteiger partial charge in [-0.15, -0.1) is 0 Å². The van der Waals surface area contributed by atoms with Crippen LogP contribution < -0.4 is 10.6 Å². The largest absolute Gasteiger partial charge is 0.357 e. The number of likely N-dealkylation sites (tertiary alicyclic amines) is 1. The summed E-state index contributed by atoms with van der Waals surface area (Å²) in [5.74, 6) is 2.08. The highest BCUT2D eigenvalue weighted by atomic mass is 32.2. The summed E-state index contributed by atoms with van der Waals surface area (Å²) in [4.78, 5) is 7.23. The monoisotopic (exact) mass is 364 g/mol. The van der Waals surface area contributed by atoms with E-state index in [-0.39, 0.29) is 0 Å². The molecule has 25 heavy (non-hydrogen) atoms. The minimum atomic E-state index is -0.858. The van der Waals surface area contributed by atoms with Gasteiger partial charge in [0.2, 0.25) is 0 Å². The maximum absolute atomic E-state index is 12.2. The predicted octanol–water partition coefficient (Wildman–Crippen LogP) is 1.97. The van der Waals surface area contributed by atoms with E-state index in [9.17, 15) is 4.21 Å². The SMILES string of the molecule is CCNC(=NCC1CCCN1CC)NCCS(=O)Cc1ccccc1. The first-order valence-electron chi connectivity index (χ1n) is 9.38. The molecule has 1 saturated heterocycles. The van der Waals surface area contributed by atoms with Gasteiger partial charge in [0.1, 0.15) is 0 Å². The van der Waals surface area contributed by atoms with E-state index in [1.54, 1.807) is 0 Å². The maximum atomic E-state index is 12.2. The molecule has 0 radical (unpaired) electrons. The van der Waals surface area contributed by atoms with Gasteiger partial charge in [-0.1, -0.05) is 37.3 Å². The van der Waals surface area contributed by atoms with Crippen molar-refractivity contribution in [3.8, 4) is 0 Å². The summed E-state index contributed by atoms with van der Waals surface area (Å²) in [5.41, 5.74) is 1.13. The number of likely N-dealkylation sites (N-methyl/N-ethyl adjacent to an activating group) is 1. The average molecular weight is 365 g/mol. The van der Waals surface area contributed by atoms with Crippen LogP contribution in [0, 0.1) is 0 Å². The number of hydrogen-bond acceptors (Lipinski definition) is 3. The molecule has 0 amide bonds. The third-order valence-corrected chi connectivity index (χ3v) is 5.82. The minimum Gasteiger partial charge on any atom is -0.357 e. The van der Waals surface area contributed by atoms with Gasteiger partial charge in [0.05, 0.1) is 6.54 Å². The summed E-state index contributed by atoms with van der Waals surface area (Å²) in [6, 6.07) is 10.6. The first-order valence-corrected chi connectivity index (χ1v) is 10.9. The summed E-state index contributed by atoms with van der Waals surface area (Å²) in [6.45, 7) is 8.92. The molecule has 0 aromatic heterocycles. The van der Waals surface area contributed by atoms with Crippen LogP contribution in [0.4, 0.5) is 0 Å². The van der Waals surface area contributed by atoms with Gasteiger partial charge in [-0.2, -0.15) is 0 Å². The van der Waals surface area contributed by atoms with Gasteiger partial charge in [0, 0.05) is 41.4 Å². The van der Waals surface area contributed by atoms with E-state index < -0.39 is 10.8 Å². The fourth-order valence-electron chi connectivity index (χ4n) is 3.17. The van der Waals surface area contributed by atoms with Crippen LogP contribution in [-0.4, -0.2) is 59.6 Å². The quantitative estimate of drug-likeness (QED) is 0.520. The highest BCUT2D eigenvalue weighted by Crippen LogP contribution is 2.16. The van der Waals surface area contributed by atoms with Gasteiger partial charge in [-0.05, 0) is 38.4 Å². The molecule has 1 aliphatic rings. The lowest BCUT2D eigenvalue weighted by Gasteiger charge is -2.21. The number of rotatable bonds is 9. The van der Waals surface area contributed by atoms with Crippen molar-refractivity contribution in [1.29, 1.82) is 0 Å². The molecule has 1 aliphatic heterocycles. The van der Waals surface area contributed by atoms with Crippen molar-refractivity contribution in [2.24, 2.45) is 4.99 Å². The second-order valence-corrected chi connectivity index (χ2v) is 7.92. The number of hydrogen-bond donors (Lipinski definition) is 2. The number of benzene rings is 1. The first kappa shape index (κ1) is 19.9. The fraction of sp³-hybridized carbons (Fsp3) is 0.632. The van der Waals surface area contributed by atoms with Crippen LogP contribution in [0.3, 0.4) is 0 Å². The first-order chi connectivity index (χ1) is 12.2. The van der Waals surface area contributed by atoms with Gasteiger partial charge in [0.15, 0.2) is 5.96 Å². The zero-order chi connectivity index (χ0) is 17.9. The molecule has 0 bridgehead atoms. The molecule has 0 spiro atoms. The highest BCUT2D eigenvalue weighted by Gasteiger charge is 2.22. The molecule has 1 aromatic carbocycles. The normalized spacial score (nSPS) is 19.8. The molecule has 1 aromatic rings. The lowest BCUT2D eigenvalue weighted by Crippen LogP contribution is -2.40. The van der Waals surface area contributed by atoms with Gasteiger partial charge < -0.3 is 10.6 Å². The molecule has 2 N–H and O–H groups in total. The molecule has 2 rings (SSSR count). The number of guanidine groups is 1. The molecule has 140 valence electrons. The average Bonchev–Trinajstić information content (AvgIpc) is 3.08. The van der Waals surface area contributed by atoms with Gasteiger partial charge in [0.25, 0.3) is 0 Å². The Kier molecular flexibility index (Phi) is 8.97. The van der Waals surface area contributed by atoms with Crippen molar-refractivity contribution in [2.75, 3.05) is 38.5 Å². The van der Waals surface area contributed by atoms with Crippen molar-refractivity contribution in [3.63, 3.8) is 0 Å². The Labute approximate surface area is 154 Å². The molecule has 5 nitrogen and oxygen atoms in total. The van der Waals surface area contributed by atoms with Crippen molar-refractivity contribution in [1.82, 2.24) is 15.5 Å². The second kappa shape index (κ2) is 11.3. The Bertz CT molecular complexity index is 550. The Morgan fingerprint density at radius 2 is 2.08 bits per heavy atom. The molecule has 2 unspecified atom stereocenters. The summed E-state index contributed by atoms with van der Waals surface area (Å²) >= 11 is 0. The van der Waals surface area contributed by atoms with Gasteiger partial charge in [-0.25, -0.2) is 0 Å². The summed E-state index contributed by atoms with van der Waals surface area (Å²) in [7, 11) is -0.858. The van der Waals surface area contributed by atoms with Gasteiger partial charge in [-0.3, -0.25) is 14.1 Å². The molecule has 0 aliphatic carbocycles. The van der Waals surface area contributed by atoms with Crippen LogP contribution in [0.15, 0.2) is 35.3 Å². The Balaban J connectivity index is 1.74. The van der Waals surface area contributed by atoms with Crippen molar-refractivity contribution >= 4 is 16.8 Å². The summed E-state index contributed by atoms with van der Waals surface area (Å²) in [6.07, 6.45) is 2.51. The van der Waals surface area contributed by atoms with Crippen LogP contribution in [0.5, 0.6) is 0 Å². The Morgan fingerprint density at radius 3 is 2.80 bits per heavy atom. The predicted molar refractivity (Wildman–Crippen MR) is 107 cm³/mol. The van der Waals surface area contributed by atoms with Crippen LogP contribution >= 0.6 is 0 Å². The van der Waals surface area contributed by atoms with E-state index in [0.717, 1.165) is 31.2 Å². The molecule has 1 fully saturated rings. The highest BCUT2D eigenvalue weighted by molar-refractivity contribution is 7.84. The standard InChI is InChI=1S/C19H32N4OS/c1-3-20-19(22-15-18-11-8-13-23(18)4-2)21-12-14-25(24)16-17-9-6-5-7-10-17/h5-7,9-10,18H,3-4,8,11-16H2,1-2H3,(H2,20,21,22). The maximum Gasteiger partial charge on any atom is 0.191 e. The van der Waals surface area contributed by atoms with Crippen LogP contribution in [0.2, 0.25) is 0 Å². The minimum absolute atomic E-state index is 0.563. The molecule has 2 atom stereocenters. The molecule has 1 heterocycles. The Hall–Kier alpha value is -1.40. The molecular formula is C19H32N4OS. The lowest BCUT2D eigenvalue weighted by atomic mass is 10.2. The smallest absolute Gasteiger partial charge is 0.191 e. The third kappa shape index (κ3) is 7.16. The van der Waals surface area contributed by atoms with Crippen molar-refractivity contribution in [3.05, 3.63) is 35.9 Å². The molecule has 0 saturated carbocycles. The van der Waals surface area contributed by atoms with E-state index in [2.05, 4.69) is 29.4 Å². The fourth-order valence-corrected chi connectivity index (χ4v) is 4.21. The number of nitrogens with zero attached hydrogens (tertiary/aromatic N) is 2. The summed E-state index contributed by atoms with van der Waals surface area (Å²) < 4.78 is 12.2. The van der Waals surface area contributed by atoms with Crippen molar-refractivity contribution in [2.45, 2.75) is 38.5 Å². The Morgan fingerprint density at radius 1 is 1.28 bits per heavy atom. The third-order valence-electron chi connectivity index (χ3n) is 4.50. The zero-order valence-corrected chi connectivity index (χ0v) is 16.4. The summed E-state index contributed by atoms with van der Waals surface area (Å²) in [5, 5.41) is 6.61. The molecule has 6 heteroatoms. The molecular weight excluding hydrogens is 332 g/mol. The second-order valence-electron chi connectivity index (χ2n) is 6.34. The van der Waals surface area contributed by atoms with Crippen molar-refractivity contribution < 1.29 is 4.21 Å². The lowest BCUT2D eigenvalue weighted by molar-refractivity contribution is 0.273. The van der Waals surface area contributed by atoms with Crippen LogP contribution in [0.25, 0.3) is 0 Å². The van der Waals surface area contributed by atoms with E-state index in [4.69, 9.17) is 4.99 Å².